The molecule has 0 aliphatic heterocycles. The molecule has 1 fully saturated rings. The zero-order valence-electron chi connectivity index (χ0n) is 11.3. The van der Waals surface area contributed by atoms with Gasteiger partial charge in [-0.2, -0.15) is 0 Å². The summed E-state index contributed by atoms with van der Waals surface area (Å²) in [5.74, 6) is 0. The van der Waals surface area contributed by atoms with Gasteiger partial charge in [-0.25, -0.2) is 0 Å². The standard InChI is InChI=1S/C16H22ClNO/c17-14-5-3-4-13-12(14)6-9-16(19)8-2-1-7-15(13,16)10-11-18/h3-5,19H,1-2,6-11,18H2. The predicted molar refractivity (Wildman–Crippen MR) is 78.5 cm³/mol. The number of halogens is 1. The summed E-state index contributed by atoms with van der Waals surface area (Å²) in [6, 6.07) is 6.13. The molecule has 0 amide bonds. The van der Waals surface area contributed by atoms with Crippen LogP contribution in [0.2, 0.25) is 5.02 Å². The first-order chi connectivity index (χ1) is 9.13. The lowest BCUT2D eigenvalue weighted by molar-refractivity contribution is -0.0861. The van der Waals surface area contributed by atoms with E-state index in [-0.39, 0.29) is 5.41 Å². The molecule has 0 spiro atoms. The van der Waals surface area contributed by atoms with E-state index in [2.05, 4.69) is 6.07 Å². The van der Waals surface area contributed by atoms with Gasteiger partial charge in [0.1, 0.15) is 0 Å². The Morgan fingerprint density at radius 1 is 1.21 bits per heavy atom. The highest BCUT2D eigenvalue weighted by Crippen LogP contribution is 2.55. The molecule has 1 saturated carbocycles. The molecule has 2 aliphatic carbocycles. The van der Waals surface area contributed by atoms with Gasteiger partial charge in [-0.3, -0.25) is 0 Å². The van der Waals surface area contributed by atoms with Crippen molar-refractivity contribution in [3.8, 4) is 0 Å². The summed E-state index contributed by atoms with van der Waals surface area (Å²) in [7, 11) is 0. The Bertz CT molecular complexity index is 486. The molecule has 0 aromatic heterocycles. The molecule has 3 heteroatoms. The fourth-order valence-corrected chi connectivity index (χ4v) is 4.67. The summed E-state index contributed by atoms with van der Waals surface area (Å²) >= 11 is 6.37. The van der Waals surface area contributed by atoms with Crippen molar-refractivity contribution in [3.63, 3.8) is 0 Å². The zero-order valence-corrected chi connectivity index (χ0v) is 12.0. The van der Waals surface area contributed by atoms with Gasteiger partial charge in [0.2, 0.25) is 0 Å². The number of benzene rings is 1. The number of aliphatic hydroxyl groups is 1. The summed E-state index contributed by atoms with van der Waals surface area (Å²) in [4.78, 5) is 0. The number of rotatable bonds is 2. The molecule has 1 aromatic carbocycles. The van der Waals surface area contributed by atoms with Crippen LogP contribution in [0.4, 0.5) is 0 Å². The summed E-state index contributed by atoms with van der Waals surface area (Å²) in [6.07, 6.45) is 6.80. The summed E-state index contributed by atoms with van der Waals surface area (Å²) < 4.78 is 0. The van der Waals surface area contributed by atoms with E-state index >= 15 is 0 Å². The first kappa shape index (κ1) is 13.4. The van der Waals surface area contributed by atoms with Gasteiger partial charge in [-0.15, -0.1) is 0 Å². The highest BCUT2D eigenvalue weighted by Gasteiger charge is 2.54. The van der Waals surface area contributed by atoms with Gasteiger partial charge >= 0.3 is 0 Å². The molecule has 1 aromatic rings. The summed E-state index contributed by atoms with van der Waals surface area (Å²) in [5, 5.41) is 12.1. The molecule has 2 aliphatic rings. The average molecular weight is 280 g/mol. The molecule has 0 saturated heterocycles. The SMILES string of the molecule is NCCC12CCCCC1(O)CCc1c(Cl)cccc12. The molecule has 3 N–H and O–H groups in total. The monoisotopic (exact) mass is 279 g/mol. The normalized spacial score (nSPS) is 33.6. The molecule has 104 valence electrons. The van der Waals surface area contributed by atoms with Crippen molar-refractivity contribution in [2.75, 3.05) is 6.54 Å². The van der Waals surface area contributed by atoms with Crippen LogP contribution < -0.4 is 5.73 Å². The molecule has 3 rings (SSSR count). The van der Waals surface area contributed by atoms with E-state index in [1.54, 1.807) is 0 Å². The van der Waals surface area contributed by atoms with Crippen LogP contribution in [0.3, 0.4) is 0 Å². The van der Waals surface area contributed by atoms with Crippen LogP contribution in [0.5, 0.6) is 0 Å². The second-order valence-electron chi connectivity index (χ2n) is 6.13. The van der Waals surface area contributed by atoms with Crippen LogP contribution in [0.25, 0.3) is 0 Å². The Morgan fingerprint density at radius 3 is 2.79 bits per heavy atom. The van der Waals surface area contributed by atoms with Crippen LogP contribution in [0.15, 0.2) is 18.2 Å². The van der Waals surface area contributed by atoms with Crippen molar-refractivity contribution in [2.45, 2.75) is 56.0 Å². The fraction of sp³-hybridized carbons (Fsp3) is 0.625. The van der Waals surface area contributed by atoms with Gasteiger partial charge in [0.05, 0.1) is 5.60 Å². The van der Waals surface area contributed by atoms with Gasteiger partial charge in [0, 0.05) is 10.4 Å². The molecule has 2 unspecified atom stereocenters. The number of fused-ring (bicyclic) bond motifs is 3. The van der Waals surface area contributed by atoms with E-state index in [1.165, 1.54) is 17.5 Å². The van der Waals surface area contributed by atoms with Crippen molar-refractivity contribution in [3.05, 3.63) is 34.3 Å². The third kappa shape index (κ3) is 1.84. The Balaban J connectivity index is 2.18. The minimum atomic E-state index is -0.581. The second-order valence-corrected chi connectivity index (χ2v) is 6.53. The molecule has 2 atom stereocenters. The quantitative estimate of drug-likeness (QED) is 0.873. The number of nitrogens with two attached hydrogens (primary N) is 1. The zero-order chi connectivity index (χ0) is 13.5. The van der Waals surface area contributed by atoms with E-state index < -0.39 is 5.60 Å². The molecule has 19 heavy (non-hydrogen) atoms. The predicted octanol–water partition coefficient (Wildman–Crippen LogP) is 3.18. The van der Waals surface area contributed by atoms with Gasteiger partial charge in [-0.1, -0.05) is 36.6 Å². The maximum absolute atomic E-state index is 11.2. The van der Waals surface area contributed by atoms with Gasteiger partial charge in [0.25, 0.3) is 0 Å². The van der Waals surface area contributed by atoms with Crippen LogP contribution in [0, 0.1) is 0 Å². The highest BCUT2D eigenvalue weighted by atomic mass is 35.5. The van der Waals surface area contributed by atoms with Crippen LogP contribution in [-0.4, -0.2) is 17.3 Å². The van der Waals surface area contributed by atoms with Crippen LogP contribution in [0.1, 0.15) is 49.7 Å². The van der Waals surface area contributed by atoms with Crippen molar-refractivity contribution in [1.29, 1.82) is 0 Å². The Morgan fingerprint density at radius 2 is 2.00 bits per heavy atom. The third-order valence-electron chi connectivity index (χ3n) is 5.33. The largest absolute Gasteiger partial charge is 0.389 e. The van der Waals surface area contributed by atoms with Gasteiger partial charge < -0.3 is 10.8 Å². The molecule has 2 nitrogen and oxygen atoms in total. The number of hydrogen-bond donors (Lipinski definition) is 2. The lowest BCUT2D eigenvalue weighted by Crippen LogP contribution is -2.57. The van der Waals surface area contributed by atoms with E-state index in [9.17, 15) is 5.11 Å². The topological polar surface area (TPSA) is 46.2 Å². The van der Waals surface area contributed by atoms with Crippen molar-refractivity contribution in [1.82, 2.24) is 0 Å². The van der Waals surface area contributed by atoms with Crippen molar-refractivity contribution < 1.29 is 5.11 Å². The van der Waals surface area contributed by atoms with E-state index in [0.717, 1.165) is 43.5 Å². The summed E-state index contributed by atoms with van der Waals surface area (Å²) in [5.41, 5.74) is 7.62. The van der Waals surface area contributed by atoms with Crippen LogP contribution in [-0.2, 0) is 11.8 Å². The van der Waals surface area contributed by atoms with E-state index in [0.29, 0.717) is 6.54 Å². The van der Waals surface area contributed by atoms with Gasteiger partial charge in [-0.05, 0) is 55.8 Å². The van der Waals surface area contributed by atoms with Crippen molar-refractivity contribution >= 4 is 11.6 Å². The minimum absolute atomic E-state index is 0.168. The van der Waals surface area contributed by atoms with Gasteiger partial charge in [0.15, 0.2) is 0 Å². The molecule has 0 radical (unpaired) electrons. The maximum Gasteiger partial charge on any atom is 0.0747 e. The number of hydrogen-bond acceptors (Lipinski definition) is 2. The lowest BCUT2D eigenvalue weighted by atomic mass is 9.53. The fourth-order valence-electron chi connectivity index (χ4n) is 4.40. The smallest absolute Gasteiger partial charge is 0.0747 e. The van der Waals surface area contributed by atoms with Crippen molar-refractivity contribution in [2.24, 2.45) is 5.73 Å². The van der Waals surface area contributed by atoms with E-state index in [1.807, 2.05) is 12.1 Å². The Hall–Kier alpha value is -0.570. The maximum atomic E-state index is 11.2. The van der Waals surface area contributed by atoms with E-state index in [4.69, 9.17) is 17.3 Å². The minimum Gasteiger partial charge on any atom is -0.389 e. The lowest BCUT2D eigenvalue weighted by Gasteiger charge is -2.55. The Labute approximate surface area is 120 Å². The average Bonchev–Trinajstić information content (AvgIpc) is 2.40. The Kier molecular flexibility index (Phi) is 3.36. The first-order valence-corrected chi connectivity index (χ1v) is 7.71. The molecule has 0 bridgehead atoms. The molecular weight excluding hydrogens is 258 g/mol. The highest BCUT2D eigenvalue weighted by molar-refractivity contribution is 6.31. The second kappa shape index (κ2) is 4.76. The van der Waals surface area contributed by atoms with Crippen LogP contribution >= 0.6 is 11.6 Å². The first-order valence-electron chi connectivity index (χ1n) is 7.33. The third-order valence-corrected chi connectivity index (χ3v) is 5.68. The summed E-state index contributed by atoms with van der Waals surface area (Å²) in [6.45, 7) is 0.619. The molecular formula is C16H22ClNO. The molecule has 0 heterocycles.